The largest absolute Gasteiger partial charge is 0.481 e. The van der Waals surface area contributed by atoms with E-state index in [2.05, 4.69) is 5.92 Å². The molecule has 0 saturated carbocycles. The molecule has 1 aromatic rings. The highest BCUT2D eigenvalue weighted by atomic mass is 16.4. The Bertz CT molecular complexity index is 399. The molecule has 0 aliphatic heterocycles. The first-order valence-electron chi connectivity index (χ1n) is 4.86. The van der Waals surface area contributed by atoms with Crippen LogP contribution in [0.4, 0.5) is 0 Å². The fraction of sp³-hybridized carbons (Fsp3) is 0.308. The van der Waals surface area contributed by atoms with Crippen LogP contribution in [0, 0.1) is 18.3 Å². The van der Waals surface area contributed by atoms with Gasteiger partial charge in [-0.1, -0.05) is 38.0 Å². The van der Waals surface area contributed by atoms with Crippen LogP contribution in [0.5, 0.6) is 0 Å². The van der Waals surface area contributed by atoms with Crippen molar-refractivity contribution in [2.24, 2.45) is 5.92 Å². The Balaban J connectivity index is 3.24. The average molecular weight is 202 g/mol. The quantitative estimate of drug-likeness (QED) is 0.764. The topological polar surface area (TPSA) is 37.3 Å². The Morgan fingerprint density at radius 2 is 2.00 bits per heavy atom. The van der Waals surface area contributed by atoms with Gasteiger partial charge in [-0.3, -0.25) is 4.79 Å². The highest BCUT2D eigenvalue weighted by Crippen LogP contribution is 2.27. The number of hydrogen-bond donors (Lipinski definition) is 1. The number of carboxylic acids is 1. The summed E-state index contributed by atoms with van der Waals surface area (Å²) in [4.78, 5) is 11.1. The third-order valence-corrected chi connectivity index (χ3v) is 2.38. The Morgan fingerprint density at radius 1 is 1.40 bits per heavy atom. The number of aliphatic carboxylic acids is 1. The first-order chi connectivity index (χ1) is 7.07. The van der Waals surface area contributed by atoms with Crippen molar-refractivity contribution in [3.63, 3.8) is 0 Å². The van der Waals surface area contributed by atoms with Gasteiger partial charge in [0, 0.05) is 5.56 Å². The predicted molar refractivity (Wildman–Crippen MR) is 59.6 cm³/mol. The SMILES string of the molecule is C#Cc1ccccc1C(C(=O)O)C(C)C. The van der Waals surface area contributed by atoms with Gasteiger partial charge in [0.25, 0.3) is 0 Å². The lowest BCUT2D eigenvalue weighted by Gasteiger charge is -2.17. The summed E-state index contributed by atoms with van der Waals surface area (Å²) in [7, 11) is 0. The third-order valence-electron chi connectivity index (χ3n) is 2.38. The number of benzene rings is 1. The van der Waals surface area contributed by atoms with E-state index in [0.717, 1.165) is 5.56 Å². The van der Waals surface area contributed by atoms with E-state index in [1.54, 1.807) is 12.1 Å². The molecule has 2 heteroatoms. The maximum absolute atomic E-state index is 11.1. The van der Waals surface area contributed by atoms with Gasteiger partial charge in [0.05, 0.1) is 5.92 Å². The zero-order valence-electron chi connectivity index (χ0n) is 8.90. The smallest absolute Gasteiger partial charge is 0.311 e. The minimum atomic E-state index is -0.826. The van der Waals surface area contributed by atoms with E-state index in [1.807, 2.05) is 26.0 Å². The fourth-order valence-electron chi connectivity index (χ4n) is 1.68. The molecular weight excluding hydrogens is 188 g/mol. The van der Waals surface area contributed by atoms with Crippen molar-refractivity contribution in [3.8, 4) is 12.3 Å². The third kappa shape index (κ3) is 2.38. The molecule has 0 bridgehead atoms. The van der Waals surface area contributed by atoms with E-state index in [-0.39, 0.29) is 5.92 Å². The van der Waals surface area contributed by atoms with Crippen molar-refractivity contribution in [3.05, 3.63) is 35.4 Å². The summed E-state index contributed by atoms with van der Waals surface area (Å²) >= 11 is 0. The summed E-state index contributed by atoms with van der Waals surface area (Å²) in [6.45, 7) is 3.76. The Labute approximate surface area is 89.9 Å². The zero-order valence-corrected chi connectivity index (χ0v) is 8.90. The second-order valence-corrected chi connectivity index (χ2v) is 3.79. The summed E-state index contributed by atoms with van der Waals surface area (Å²) < 4.78 is 0. The number of carboxylic acid groups (broad SMARTS) is 1. The van der Waals surface area contributed by atoms with Crippen LogP contribution in [-0.2, 0) is 4.79 Å². The number of hydrogen-bond acceptors (Lipinski definition) is 1. The first-order valence-corrected chi connectivity index (χ1v) is 4.86. The van der Waals surface area contributed by atoms with Crippen LogP contribution in [0.15, 0.2) is 24.3 Å². The van der Waals surface area contributed by atoms with Gasteiger partial charge in [0.1, 0.15) is 0 Å². The van der Waals surface area contributed by atoms with Crippen LogP contribution in [0.2, 0.25) is 0 Å². The molecule has 1 atom stereocenters. The maximum Gasteiger partial charge on any atom is 0.311 e. The van der Waals surface area contributed by atoms with E-state index in [0.29, 0.717) is 5.56 Å². The molecule has 0 radical (unpaired) electrons. The fourth-order valence-corrected chi connectivity index (χ4v) is 1.68. The minimum absolute atomic E-state index is 0.0250. The molecule has 0 heterocycles. The molecule has 0 aromatic heterocycles. The highest BCUT2D eigenvalue weighted by molar-refractivity contribution is 5.77. The lowest BCUT2D eigenvalue weighted by Crippen LogP contribution is -2.18. The van der Waals surface area contributed by atoms with Crippen molar-refractivity contribution in [2.45, 2.75) is 19.8 Å². The van der Waals surface area contributed by atoms with Gasteiger partial charge in [0.15, 0.2) is 0 Å². The molecule has 0 aliphatic rings. The summed E-state index contributed by atoms with van der Waals surface area (Å²) in [6.07, 6.45) is 5.35. The van der Waals surface area contributed by atoms with E-state index in [9.17, 15) is 4.79 Å². The van der Waals surface area contributed by atoms with Gasteiger partial charge in [-0.15, -0.1) is 6.42 Å². The molecule has 0 saturated heterocycles. The van der Waals surface area contributed by atoms with Crippen LogP contribution in [-0.4, -0.2) is 11.1 Å². The highest BCUT2D eigenvalue weighted by Gasteiger charge is 2.25. The molecule has 0 aliphatic carbocycles. The Morgan fingerprint density at radius 3 is 2.47 bits per heavy atom. The molecule has 1 aromatic carbocycles. The van der Waals surface area contributed by atoms with Gasteiger partial charge in [-0.25, -0.2) is 0 Å². The molecule has 0 fully saturated rings. The van der Waals surface area contributed by atoms with Crippen LogP contribution in [0.1, 0.15) is 30.9 Å². The molecule has 1 rings (SSSR count). The van der Waals surface area contributed by atoms with Crippen LogP contribution in [0.3, 0.4) is 0 Å². The molecule has 0 amide bonds. The van der Waals surface area contributed by atoms with Gasteiger partial charge in [-0.2, -0.15) is 0 Å². The number of terminal acetylenes is 1. The van der Waals surface area contributed by atoms with Crippen molar-refractivity contribution in [1.82, 2.24) is 0 Å². The van der Waals surface area contributed by atoms with E-state index in [1.165, 1.54) is 0 Å². The standard InChI is InChI=1S/C13H14O2/c1-4-10-7-5-6-8-11(10)12(9(2)3)13(14)15/h1,5-9,12H,2-3H3,(H,14,15). The second kappa shape index (κ2) is 4.65. The van der Waals surface area contributed by atoms with Gasteiger partial charge in [-0.05, 0) is 17.5 Å². The second-order valence-electron chi connectivity index (χ2n) is 3.79. The number of rotatable bonds is 3. The van der Waals surface area contributed by atoms with Crippen LogP contribution >= 0.6 is 0 Å². The first kappa shape index (κ1) is 11.3. The number of carbonyl (C=O) groups is 1. The molecule has 1 N–H and O–H groups in total. The Hall–Kier alpha value is -1.75. The van der Waals surface area contributed by atoms with Gasteiger partial charge >= 0.3 is 5.97 Å². The van der Waals surface area contributed by atoms with Crippen molar-refractivity contribution >= 4 is 5.97 Å². The molecule has 15 heavy (non-hydrogen) atoms. The van der Waals surface area contributed by atoms with Crippen molar-refractivity contribution in [1.29, 1.82) is 0 Å². The summed E-state index contributed by atoms with van der Waals surface area (Å²) in [5.74, 6) is 1.19. The van der Waals surface area contributed by atoms with E-state index in [4.69, 9.17) is 11.5 Å². The molecule has 1 unspecified atom stereocenters. The zero-order chi connectivity index (χ0) is 11.4. The lowest BCUT2D eigenvalue weighted by atomic mass is 9.86. The molecule has 78 valence electrons. The molecule has 2 nitrogen and oxygen atoms in total. The monoisotopic (exact) mass is 202 g/mol. The van der Waals surface area contributed by atoms with Crippen molar-refractivity contribution in [2.75, 3.05) is 0 Å². The molecule has 0 spiro atoms. The summed E-state index contributed by atoms with van der Waals surface area (Å²) in [5, 5.41) is 9.15. The minimum Gasteiger partial charge on any atom is -0.481 e. The lowest BCUT2D eigenvalue weighted by molar-refractivity contribution is -0.139. The Kier molecular flexibility index (Phi) is 3.51. The van der Waals surface area contributed by atoms with Gasteiger partial charge in [0.2, 0.25) is 0 Å². The summed E-state index contributed by atoms with van der Waals surface area (Å²) in [6, 6.07) is 7.19. The van der Waals surface area contributed by atoms with Gasteiger partial charge < -0.3 is 5.11 Å². The van der Waals surface area contributed by atoms with Crippen molar-refractivity contribution < 1.29 is 9.90 Å². The van der Waals surface area contributed by atoms with Crippen LogP contribution < -0.4 is 0 Å². The molecular formula is C13H14O2. The summed E-state index contributed by atoms with van der Waals surface area (Å²) in [5.41, 5.74) is 1.39. The maximum atomic E-state index is 11.1. The van der Waals surface area contributed by atoms with Crippen LogP contribution in [0.25, 0.3) is 0 Å². The normalized spacial score (nSPS) is 12.1. The van der Waals surface area contributed by atoms with E-state index < -0.39 is 11.9 Å². The average Bonchev–Trinajstić information content (AvgIpc) is 2.17. The predicted octanol–water partition coefficient (Wildman–Crippen LogP) is 2.49. The van der Waals surface area contributed by atoms with E-state index >= 15 is 0 Å².